The van der Waals surface area contributed by atoms with Crippen molar-refractivity contribution in [2.45, 2.75) is 68.6 Å². The van der Waals surface area contributed by atoms with Gasteiger partial charge in [-0.05, 0) is 30.5 Å². The summed E-state index contributed by atoms with van der Waals surface area (Å²) in [7, 11) is 0.669. The van der Waals surface area contributed by atoms with E-state index in [4.69, 9.17) is 9.47 Å². The van der Waals surface area contributed by atoms with Crippen molar-refractivity contribution < 1.29 is 66.5 Å². The molecule has 0 aliphatic rings. The van der Waals surface area contributed by atoms with Gasteiger partial charge in [-0.25, -0.2) is 0 Å². The molecule has 0 saturated carbocycles. The van der Waals surface area contributed by atoms with Gasteiger partial charge in [-0.1, -0.05) is 26.0 Å². The molecule has 0 fully saturated rings. The second-order valence-corrected chi connectivity index (χ2v) is 8.34. The summed E-state index contributed by atoms with van der Waals surface area (Å²) in [6.45, 7) is 4.48. The van der Waals surface area contributed by atoms with E-state index in [1.807, 2.05) is 0 Å². The van der Waals surface area contributed by atoms with Gasteiger partial charge in [0.1, 0.15) is 5.75 Å². The number of hydrogen-bond donors (Lipinski definition) is 0. The average Bonchev–Trinajstić information content (AvgIpc) is 2.70. The summed E-state index contributed by atoms with van der Waals surface area (Å²) in [5.41, 5.74) is -2.98. The fourth-order valence-corrected chi connectivity index (χ4v) is 2.80. The van der Waals surface area contributed by atoms with Crippen LogP contribution in [0.4, 0.5) is 57.1 Å². The van der Waals surface area contributed by atoms with E-state index < -0.39 is 47.8 Å². The van der Waals surface area contributed by atoms with Gasteiger partial charge in [0.05, 0.1) is 18.6 Å². The molecule has 0 amide bonds. The smallest absolute Gasteiger partial charge is 0.460 e. The summed E-state index contributed by atoms with van der Waals surface area (Å²) in [6, 6.07) is 4.33. The van der Waals surface area contributed by atoms with Gasteiger partial charge in [-0.3, -0.25) is 0 Å². The van der Waals surface area contributed by atoms with Crippen molar-refractivity contribution in [2.24, 2.45) is 5.92 Å². The van der Waals surface area contributed by atoms with E-state index in [2.05, 4.69) is 0 Å². The van der Waals surface area contributed by atoms with Crippen molar-refractivity contribution >= 4 is 0 Å². The Kier molecular flexibility index (Phi) is 8.45. The van der Waals surface area contributed by atoms with Crippen LogP contribution in [-0.2, 0) is 10.3 Å². The van der Waals surface area contributed by atoms with Gasteiger partial charge in [0, 0.05) is 7.11 Å². The molecule has 1 aromatic rings. The third-order valence-corrected chi connectivity index (χ3v) is 5.06. The first-order valence-corrected chi connectivity index (χ1v) is 9.65. The summed E-state index contributed by atoms with van der Waals surface area (Å²) in [5, 5.41) is 0. The summed E-state index contributed by atoms with van der Waals surface area (Å²) >= 11 is 0. The topological polar surface area (TPSA) is 18.5 Å². The average molecular weight is 540 g/mol. The van der Waals surface area contributed by atoms with E-state index in [0.717, 1.165) is 24.3 Å². The Morgan fingerprint density at radius 1 is 0.686 bits per heavy atom. The Morgan fingerprint density at radius 3 is 1.49 bits per heavy atom. The normalized spacial score (nSPS) is 16.4. The van der Waals surface area contributed by atoms with Crippen LogP contribution in [0.3, 0.4) is 0 Å². The molecule has 0 N–H and O–H groups in total. The van der Waals surface area contributed by atoms with Crippen LogP contribution >= 0.6 is 0 Å². The van der Waals surface area contributed by atoms with E-state index in [0.29, 0.717) is 14.0 Å². The van der Waals surface area contributed by atoms with Crippen LogP contribution in [0.15, 0.2) is 24.3 Å². The second-order valence-electron chi connectivity index (χ2n) is 8.34. The maximum Gasteiger partial charge on any atom is 0.460 e. The molecule has 0 aliphatic heterocycles. The highest BCUT2D eigenvalue weighted by atomic mass is 19.4. The minimum Gasteiger partial charge on any atom is -0.493 e. The number of halogens is 13. The second kappa shape index (κ2) is 9.51. The van der Waals surface area contributed by atoms with Crippen molar-refractivity contribution in [3.8, 4) is 5.75 Å². The monoisotopic (exact) mass is 540 g/mol. The van der Waals surface area contributed by atoms with Crippen LogP contribution in [0, 0.1) is 5.92 Å². The lowest BCUT2D eigenvalue weighted by Crippen LogP contribution is -2.70. The predicted molar refractivity (Wildman–Crippen MR) is 96.5 cm³/mol. The van der Waals surface area contributed by atoms with E-state index in [9.17, 15) is 57.1 Å². The zero-order valence-electron chi connectivity index (χ0n) is 18.5. The molecule has 2 nitrogen and oxygen atoms in total. The number of hydrogen-bond acceptors (Lipinski definition) is 2. The Bertz CT molecular complexity index is 848. The molecule has 1 unspecified atom stereocenters. The Morgan fingerprint density at radius 2 is 1.11 bits per heavy atom. The van der Waals surface area contributed by atoms with E-state index in [-0.39, 0.29) is 23.8 Å². The molecule has 0 bridgehead atoms. The minimum absolute atomic E-state index is 0.0735. The van der Waals surface area contributed by atoms with E-state index in [1.54, 1.807) is 13.8 Å². The number of rotatable bonds is 11. The van der Waals surface area contributed by atoms with Crippen molar-refractivity contribution in [2.75, 3.05) is 13.7 Å². The van der Waals surface area contributed by atoms with Gasteiger partial charge in [0.2, 0.25) is 0 Å². The van der Waals surface area contributed by atoms with Crippen LogP contribution in [0.1, 0.15) is 32.8 Å². The zero-order chi connectivity index (χ0) is 27.9. The quantitative estimate of drug-likeness (QED) is 0.268. The third kappa shape index (κ3) is 5.43. The summed E-state index contributed by atoms with van der Waals surface area (Å²) in [6.07, 6.45) is -9.95. The maximum absolute atomic E-state index is 14.4. The molecular weight excluding hydrogens is 519 g/mol. The van der Waals surface area contributed by atoms with Gasteiger partial charge < -0.3 is 9.47 Å². The molecule has 0 saturated heterocycles. The summed E-state index contributed by atoms with van der Waals surface area (Å²) in [5.74, 6) is -36.9. The lowest BCUT2D eigenvalue weighted by molar-refractivity contribution is -0.441. The number of benzene rings is 1. The minimum atomic E-state index is -7.94. The van der Waals surface area contributed by atoms with Crippen molar-refractivity contribution in [1.29, 1.82) is 0 Å². The summed E-state index contributed by atoms with van der Waals surface area (Å²) < 4.78 is 184. The van der Waals surface area contributed by atoms with Gasteiger partial charge in [-0.2, -0.15) is 57.1 Å². The molecule has 0 spiro atoms. The molecule has 35 heavy (non-hydrogen) atoms. The molecule has 0 aliphatic carbocycles. The molecule has 204 valence electrons. The van der Waals surface area contributed by atoms with Crippen molar-refractivity contribution in [3.05, 3.63) is 29.8 Å². The first kappa shape index (κ1) is 31.1. The lowest BCUT2D eigenvalue weighted by Gasteiger charge is -2.42. The highest BCUT2D eigenvalue weighted by Crippen LogP contribution is 2.61. The summed E-state index contributed by atoms with van der Waals surface area (Å²) in [4.78, 5) is 0. The molecule has 15 heteroatoms. The fraction of sp³-hybridized carbons (Fsp3) is 0.700. The van der Waals surface area contributed by atoms with Crippen LogP contribution < -0.4 is 4.74 Å². The van der Waals surface area contributed by atoms with Crippen LogP contribution in [0.5, 0.6) is 5.75 Å². The SMILES string of the molecule is COC(C)(CC(F)(F)C(F)(F)C(F)(F)C(F)(F)C(F)(F)C(F)(F)F)c1ccc(OCC(C)C)cc1. The van der Waals surface area contributed by atoms with Crippen LogP contribution in [0.25, 0.3) is 0 Å². The van der Waals surface area contributed by atoms with E-state index in [1.165, 1.54) is 0 Å². The highest BCUT2D eigenvalue weighted by Gasteiger charge is 2.90. The first-order chi connectivity index (χ1) is 15.4. The van der Waals surface area contributed by atoms with Crippen molar-refractivity contribution in [1.82, 2.24) is 0 Å². The Labute approximate surface area is 191 Å². The Hall–Kier alpha value is -1.93. The molecular formula is C20H21F13O2. The largest absolute Gasteiger partial charge is 0.493 e. The van der Waals surface area contributed by atoms with Crippen LogP contribution in [-0.4, -0.2) is 49.5 Å². The van der Waals surface area contributed by atoms with Crippen molar-refractivity contribution in [3.63, 3.8) is 0 Å². The third-order valence-electron chi connectivity index (χ3n) is 5.06. The molecule has 1 rings (SSSR count). The number of methoxy groups -OCH3 is 1. The number of alkyl halides is 13. The predicted octanol–water partition coefficient (Wildman–Crippen LogP) is 7.71. The Balaban J connectivity index is 3.39. The molecule has 0 heterocycles. The van der Waals surface area contributed by atoms with Gasteiger partial charge in [0.25, 0.3) is 0 Å². The van der Waals surface area contributed by atoms with Crippen LogP contribution in [0.2, 0.25) is 0 Å². The molecule has 0 radical (unpaired) electrons. The fourth-order valence-electron chi connectivity index (χ4n) is 2.80. The number of ether oxygens (including phenoxy) is 2. The molecule has 1 atom stereocenters. The lowest BCUT2D eigenvalue weighted by atomic mass is 9.84. The maximum atomic E-state index is 14.4. The van der Waals surface area contributed by atoms with E-state index >= 15 is 0 Å². The molecule has 1 aromatic carbocycles. The van der Waals surface area contributed by atoms with Gasteiger partial charge in [0.15, 0.2) is 0 Å². The molecule has 0 aromatic heterocycles. The first-order valence-electron chi connectivity index (χ1n) is 9.65. The zero-order valence-corrected chi connectivity index (χ0v) is 18.5. The van der Waals surface area contributed by atoms with Gasteiger partial charge >= 0.3 is 35.8 Å². The standard InChI is InChI=1S/C20H21F13O2/c1-11(2)9-35-13-7-5-12(6-8-13)14(3,34-4)10-15(21,22)16(23,24)17(25,26)18(27,28)19(29,30)20(31,32)33/h5-8,11H,9-10H2,1-4H3. The van der Waals surface area contributed by atoms with Gasteiger partial charge in [-0.15, -0.1) is 0 Å². The highest BCUT2D eigenvalue weighted by molar-refractivity contribution is 5.31.